The summed E-state index contributed by atoms with van der Waals surface area (Å²) in [4.78, 5) is 19.9. The topological polar surface area (TPSA) is 42.4 Å². The maximum Gasteiger partial charge on any atom is 0.227 e. The van der Waals surface area contributed by atoms with Gasteiger partial charge in [-0.25, -0.2) is 0 Å². The summed E-state index contributed by atoms with van der Waals surface area (Å²) in [7, 11) is 0. The average molecular weight is 371 g/mol. The van der Waals surface area contributed by atoms with Crippen LogP contribution in [0.2, 0.25) is 0 Å². The second kappa shape index (κ2) is 9.08. The number of hydrogen-bond donors (Lipinski definition) is 0. The minimum absolute atomic E-state index is 0.0555. The Morgan fingerprint density at radius 1 is 1.23 bits per heavy atom. The summed E-state index contributed by atoms with van der Waals surface area (Å²) in [5.41, 5.74) is 1.07. The summed E-state index contributed by atoms with van der Waals surface area (Å²) < 4.78 is 6.00. The Morgan fingerprint density at radius 3 is 2.65 bits per heavy atom. The summed E-state index contributed by atoms with van der Waals surface area (Å²) in [6.07, 6.45) is 5.91. The molecule has 1 unspecified atom stereocenters. The van der Waals surface area contributed by atoms with Crippen molar-refractivity contribution in [2.24, 2.45) is 0 Å². The van der Waals surface area contributed by atoms with Crippen LogP contribution in [0, 0.1) is 0 Å². The third kappa shape index (κ3) is 5.49. The molecule has 1 aromatic carbocycles. The van der Waals surface area contributed by atoms with Crippen molar-refractivity contribution in [3.63, 3.8) is 0 Å². The predicted molar refractivity (Wildman–Crippen MR) is 106 cm³/mol. The molecule has 0 N–H and O–H groups in total. The number of nitrogens with zero attached hydrogens (tertiary/aromatic N) is 2. The maximum absolute atomic E-state index is 12.7. The molecular formula is C21H26N2O2S. The lowest BCUT2D eigenvalue weighted by molar-refractivity contribution is -0.133. The lowest BCUT2D eigenvalue weighted by Crippen LogP contribution is -2.45. The van der Waals surface area contributed by atoms with Gasteiger partial charge in [0.25, 0.3) is 0 Å². The van der Waals surface area contributed by atoms with E-state index in [9.17, 15) is 4.79 Å². The summed E-state index contributed by atoms with van der Waals surface area (Å²) >= 11 is 1.84. The number of likely N-dealkylation sites (tertiary alicyclic amines) is 1. The molecule has 3 rings (SSSR count). The minimum Gasteiger partial charge on any atom is -0.488 e. The monoisotopic (exact) mass is 370 g/mol. The van der Waals surface area contributed by atoms with E-state index in [1.807, 2.05) is 28.8 Å². The van der Waals surface area contributed by atoms with Gasteiger partial charge in [0.1, 0.15) is 11.9 Å². The number of ether oxygens (including phenoxy) is 1. The van der Waals surface area contributed by atoms with Crippen LogP contribution in [0.15, 0.2) is 53.7 Å². The molecule has 26 heavy (non-hydrogen) atoms. The van der Waals surface area contributed by atoms with E-state index in [0.717, 1.165) is 30.7 Å². The van der Waals surface area contributed by atoms with Crippen molar-refractivity contribution in [2.45, 2.75) is 49.4 Å². The number of thioether (sulfide) groups is 1. The number of carbonyl (C=O) groups is 1. The standard InChI is InChI=1S/C21H26N2O2S/c1-16(2)26-20-7-5-17(6-8-20)14-21(24)23-13-3-4-19(15-23)25-18-9-11-22-12-10-18/h5-12,16,19H,3-4,13-15H2,1-2H3. The second-order valence-corrected chi connectivity index (χ2v) is 8.54. The lowest BCUT2D eigenvalue weighted by atomic mass is 10.1. The SMILES string of the molecule is CC(C)Sc1ccc(CC(=O)N2CCCC(Oc3ccncc3)C2)cc1. The molecule has 0 saturated carbocycles. The number of piperidine rings is 1. The zero-order valence-corrected chi connectivity index (χ0v) is 16.2. The molecule has 1 amide bonds. The fraction of sp³-hybridized carbons (Fsp3) is 0.429. The smallest absolute Gasteiger partial charge is 0.227 e. The average Bonchev–Trinajstić information content (AvgIpc) is 2.64. The highest BCUT2D eigenvalue weighted by molar-refractivity contribution is 7.99. The van der Waals surface area contributed by atoms with Gasteiger partial charge in [-0.1, -0.05) is 26.0 Å². The van der Waals surface area contributed by atoms with E-state index in [4.69, 9.17) is 4.74 Å². The molecule has 1 saturated heterocycles. The van der Waals surface area contributed by atoms with Gasteiger partial charge in [0.2, 0.25) is 5.91 Å². The molecule has 0 bridgehead atoms. The van der Waals surface area contributed by atoms with E-state index in [0.29, 0.717) is 18.2 Å². The van der Waals surface area contributed by atoms with Crippen molar-refractivity contribution in [3.8, 4) is 5.75 Å². The number of hydrogen-bond acceptors (Lipinski definition) is 4. The largest absolute Gasteiger partial charge is 0.488 e. The van der Waals surface area contributed by atoms with Gasteiger partial charge in [0, 0.05) is 29.1 Å². The summed E-state index contributed by atoms with van der Waals surface area (Å²) in [5.74, 6) is 0.995. The molecule has 2 aromatic rings. The van der Waals surface area contributed by atoms with Gasteiger partial charge in [0.05, 0.1) is 13.0 Å². The van der Waals surface area contributed by atoms with Crippen LogP contribution in [-0.2, 0) is 11.2 Å². The van der Waals surface area contributed by atoms with Crippen molar-refractivity contribution in [1.82, 2.24) is 9.88 Å². The number of amides is 1. The van der Waals surface area contributed by atoms with Gasteiger partial charge in [-0.2, -0.15) is 0 Å². The van der Waals surface area contributed by atoms with E-state index in [1.165, 1.54) is 4.90 Å². The van der Waals surface area contributed by atoms with Crippen LogP contribution >= 0.6 is 11.8 Å². The van der Waals surface area contributed by atoms with Crippen molar-refractivity contribution in [3.05, 3.63) is 54.4 Å². The van der Waals surface area contributed by atoms with Gasteiger partial charge in [-0.15, -0.1) is 11.8 Å². The molecule has 1 fully saturated rings. The second-order valence-electron chi connectivity index (χ2n) is 6.89. The number of rotatable bonds is 6. The molecular weight excluding hydrogens is 344 g/mol. The van der Waals surface area contributed by atoms with Crippen LogP contribution < -0.4 is 4.74 Å². The Labute approximate surface area is 160 Å². The lowest BCUT2D eigenvalue weighted by Gasteiger charge is -2.33. The van der Waals surface area contributed by atoms with Crippen LogP contribution in [0.1, 0.15) is 32.3 Å². The van der Waals surface area contributed by atoms with Gasteiger partial charge < -0.3 is 9.64 Å². The Hall–Kier alpha value is -2.01. The first-order valence-electron chi connectivity index (χ1n) is 9.20. The van der Waals surface area contributed by atoms with E-state index in [2.05, 4.69) is 43.1 Å². The van der Waals surface area contributed by atoms with Crippen LogP contribution in [0.3, 0.4) is 0 Å². The van der Waals surface area contributed by atoms with Crippen LogP contribution in [0.4, 0.5) is 0 Å². The number of carbonyl (C=O) groups excluding carboxylic acids is 1. The van der Waals surface area contributed by atoms with Gasteiger partial charge in [-0.3, -0.25) is 9.78 Å². The molecule has 1 aliphatic heterocycles. The molecule has 4 nitrogen and oxygen atoms in total. The highest BCUT2D eigenvalue weighted by Crippen LogP contribution is 2.23. The van der Waals surface area contributed by atoms with Crippen LogP contribution in [0.5, 0.6) is 5.75 Å². The van der Waals surface area contributed by atoms with Crippen molar-refractivity contribution < 1.29 is 9.53 Å². The molecule has 0 aliphatic carbocycles. The molecule has 1 aliphatic rings. The van der Waals surface area contributed by atoms with E-state index in [1.54, 1.807) is 12.4 Å². The number of pyridine rings is 1. The Kier molecular flexibility index (Phi) is 6.56. The molecule has 1 atom stereocenters. The first-order valence-corrected chi connectivity index (χ1v) is 10.1. The summed E-state index contributed by atoms with van der Waals surface area (Å²) in [6, 6.07) is 12.1. The quantitative estimate of drug-likeness (QED) is 0.715. The van der Waals surface area contributed by atoms with Crippen molar-refractivity contribution in [2.75, 3.05) is 13.1 Å². The zero-order valence-electron chi connectivity index (χ0n) is 15.4. The van der Waals surface area contributed by atoms with E-state index < -0.39 is 0 Å². The van der Waals surface area contributed by atoms with Gasteiger partial charge in [-0.05, 0) is 42.7 Å². The highest BCUT2D eigenvalue weighted by Gasteiger charge is 2.24. The predicted octanol–water partition coefficient (Wildman–Crippen LogP) is 4.19. The molecule has 5 heteroatoms. The number of aromatic nitrogens is 1. The molecule has 2 heterocycles. The molecule has 1 aromatic heterocycles. The first-order chi connectivity index (χ1) is 12.6. The fourth-order valence-electron chi connectivity index (χ4n) is 3.11. The Bertz CT molecular complexity index is 704. The third-order valence-electron chi connectivity index (χ3n) is 4.33. The number of benzene rings is 1. The van der Waals surface area contributed by atoms with Gasteiger partial charge in [0.15, 0.2) is 0 Å². The summed E-state index contributed by atoms with van der Waals surface area (Å²) in [6.45, 7) is 5.84. The zero-order chi connectivity index (χ0) is 18.4. The highest BCUT2D eigenvalue weighted by atomic mass is 32.2. The molecule has 0 radical (unpaired) electrons. The molecule has 138 valence electrons. The van der Waals surface area contributed by atoms with E-state index in [-0.39, 0.29) is 12.0 Å². The van der Waals surface area contributed by atoms with Crippen LogP contribution in [0.25, 0.3) is 0 Å². The van der Waals surface area contributed by atoms with Gasteiger partial charge >= 0.3 is 0 Å². The normalized spacial score (nSPS) is 17.3. The first kappa shape index (κ1) is 18.8. The maximum atomic E-state index is 12.7. The minimum atomic E-state index is 0.0555. The van der Waals surface area contributed by atoms with Crippen molar-refractivity contribution >= 4 is 17.7 Å². The fourth-order valence-corrected chi connectivity index (χ4v) is 3.95. The third-order valence-corrected chi connectivity index (χ3v) is 5.35. The Balaban J connectivity index is 1.54. The van der Waals surface area contributed by atoms with Crippen LogP contribution in [-0.4, -0.2) is 40.2 Å². The molecule has 0 spiro atoms. The van der Waals surface area contributed by atoms with Crippen molar-refractivity contribution in [1.29, 1.82) is 0 Å². The van der Waals surface area contributed by atoms with E-state index >= 15 is 0 Å². The summed E-state index contributed by atoms with van der Waals surface area (Å²) in [5, 5.41) is 0.563. The Morgan fingerprint density at radius 2 is 1.96 bits per heavy atom.